The number of nitrogens with one attached hydrogen (secondary N) is 2. The van der Waals surface area contributed by atoms with Crippen molar-refractivity contribution in [3.63, 3.8) is 0 Å². The zero-order chi connectivity index (χ0) is 16.9. The molecule has 8 heteroatoms. The minimum atomic E-state index is 0. The lowest BCUT2D eigenvalue weighted by Gasteiger charge is -2.40. The van der Waals surface area contributed by atoms with Gasteiger partial charge in [0.25, 0.3) is 0 Å². The van der Waals surface area contributed by atoms with E-state index in [1.54, 1.807) is 0 Å². The van der Waals surface area contributed by atoms with Gasteiger partial charge in [0.05, 0.1) is 19.8 Å². The highest BCUT2D eigenvalue weighted by atomic mass is 127. The molecule has 2 rings (SSSR count). The van der Waals surface area contributed by atoms with Crippen molar-refractivity contribution in [3.05, 3.63) is 0 Å². The quantitative estimate of drug-likeness (QED) is 0.358. The number of hydrogen-bond acceptors (Lipinski definition) is 4. The number of ether oxygens (including phenoxy) is 1. The molecular weight excluding hydrogens is 421 g/mol. The van der Waals surface area contributed by atoms with Gasteiger partial charge in [-0.3, -0.25) is 14.7 Å². The van der Waals surface area contributed by atoms with Gasteiger partial charge in [-0.2, -0.15) is 0 Å². The number of piperazine rings is 1. The molecule has 2 aliphatic heterocycles. The normalized spacial score (nSPS) is 21.0. The van der Waals surface area contributed by atoms with Gasteiger partial charge in [0.2, 0.25) is 5.91 Å². The van der Waals surface area contributed by atoms with Crippen LogP contribution in [0.5, 0.6) is 0 Å². The van der Waals surface area contributed by atoms with E-state index < -0.39 is 0 Å². The number of carbonyl (C=O) groups excluding carboxylic acids is 1. The highest BCUT2D eigenvalue weighted by molar-refractivity contribution is 14.0. The van der Waals surface area contributed by atoms with Gasteiger partial charge in [0.1, 0.15) is 0 Å². The summed E-state index contributed by atoms with van der Waals surface area (Å²) in [6.45, 7) is 12.7. The van der Waals surface area contributed by atoms with E-state index in [2.05, 4.69) is 32.3 Å². The molecule has 0 unspecified atom stereocenters. The van der Waals surface area contributed by atoms with Crippen LogP contribution < -0.4 is 10.6 Å². The van der Waals surface area contributed by atoms with Gasteiger partial charge in [-0.1, -0.05) is 6.92 Å². The Bertz CT molecular complexity index is 432. The lowest BCUT2D eigenvalue weighted by molar-refractivity contribution is -0.123. The van der Waals surface area contributed by atoms with Gasteiger partial charge in [0, 0.05) is 51.2 Å². The molecule has 24 heavy (non-hydrogen) atoms. The first-order chi connectivity index (χ1) is 10.9. The van der Waals surface area contributed by atoms with Crippen molar-refractivity contribution in [1.29, 1.82) is 0 Å². The molecule has 1 amide bonds. The van der Waals surface area contributed by atoms with Crippen molar-refractivity contribution in [3.8, 4) is 0 Å². The molecule has 0 aromatic rings. The Balaban J connectivity index is 0.00000288. The van der Waals surface area contributed by atoms with Gasteiger partial charge in [0.15, 0.2) is 5.96 Å². The third-order valence-corrected chi connectivity index (χ3v) is 4.27. The first-order valence-corrected chi connectivity index (χ1v) is 8.47. The molecule has 0 aromatic heterocycles. The van der Waals surface area contributed by atoms with Crippen LogP contribution in [0.3, 0.4) is 0 Å². The van der Waals surface area contributed by atoms with Gasteiger partial charge >= 0.3 is 0 Å². The number of aliphatic imine (C=N–C) groups is 1. The van der Waals surface area contributed by atoms with Crippen LogP contribution in [0.2, 0.25) is 0 Å². The van der Waals surface area contributed by atoms with E-state index in [1.165, 1.54) is 0 Å². The zero-order valence-electron chi connectivity index (χ0n) is 15.3. The molecule has 2 aliphatic rings. The molecule has 0 aliphatic carbocycles. The van der Waals surface area contributed by atoms with Crippen LogP contribution in [0.1, 0.15) is 20.8 Å². The van der Waals surface area contributed by atoms with Crippen LogP contribution in [0, 0.1) is 5.41 Å². The molecule has 7 nitrogen and oxygen atoms in total. The Labute approximate surface area is 162 Å². The second-order valence-corrected chi connectivity index (χ2v) is 7.19. The van der Waals surface area contributed by atoms with Crippen molar-refractivity contribution in [1.82, 2.24) is 20.4 Å². The standard InChI is InChI=1S/C16H31N5O2.HI/c1-13(2)19-14(22)9-20-5-7-21(8-6-20)15(17-4)18-10-16(3)11-23-12-16;/h13H,5-12H2,1-4H3,(H,17,18)(H,19,22);1H. The SMILES string of the molecule is CN=C(NCC1(C)COC1)N1CCN(CC(=O)NC(C)C)CC1.I. The van der Waals surface area contributed by atoms with Crippen LogP contribution in [-0.2, 0) is 9.53 Å². The van der Waals surface area contributed by atoms with E-state index in [1.807, 2.05) is 20.9 Å². The molecule has 0 aromatic carbocycles. The number of guanidine groups is 1. The minimum absolute atomic E-state index is 0. The van der Waals surface area contributed by atoms with Crippen molar-refractivity contribution in [2.45, 2.75) is 26.8 Å². The number of halogens is 1. The van der Waals surface area contributed by atoms with Gasteiger partial charge in [-0.05, 0) is 13.8 Å². The van der Waals surface area contributed by atoms with Crippen LogP contribution in [0.25, 0.3) is 0 Å². The molecular formula is C16H32IN5O2. The van der Waals surface area contributed by atoms with Gasteiger partial charge < -0.3 is 20.3 Å². The van der Waals surface area contributed by atoms with Crippen molar-refractivity contribution in [2.75, 3.05) is 59.5 Å². The Morgan fingerprint density at radius 3 is 2.33 bits per heavy atom. The molecule has 0 saturated carbocycles. The Hall–Kier alpha value is -0.610. The maximum Gasteiger partial charge on any atom is 0.234 e. The molecule has 140 valence electrons. The summed E-state index contributed by atoms with van der Waals surface area (Å²) in [6, 6.07) is 0.198. The molecule has 0 radical (unpaired) electrons. The summed E-state index contributed by atoms with van der Waals surface area (Å²) in [5.41, 5.74) is 0.229. The zero-order valence-corrected chi connectivity index (χ0v) is 17.6. The molecule has 2 saturated heterocycles. The number of carbonyl (C=O) groups is 1. The molecule has 2 fully saturated rings. The van der Waals surface area contributed by atoms with Gasteiger partial charge in [-0.25, -0.2) is 0 Å². The number of nitrogens with zero attached hydrogens (tertiary/aromatic N) is 3. The monoisotopic (exact) mass is 453 g/mol. The topological polar surface area (TPSA) is 69.2 Å². The third-order valence-electron chi connectivity index (χ3n) is 4.27. The average Bonchev–Trinajstić information content (AvgIpc) is 2.46. The fraction of sp³-hybridized carbons (Fsp3) is 0.875. The predicted molar refractivity (Wildman–Crippen MR) is 107 cm³/mol. The number of hydrogen-bond donors (Lipinski definition) is 2. The largest absolute Gasteiger partial charge is 0.380 e. The Kier molecular flexibility index (Phi) is 8.72. The van der Waals surface area contributed by atoms with Gasteiger partial charge in [-0.15, -0.1) is 24.0 Å². The maximum absolute atomic E-state index is 11.8. The second-order valence-electron chi connectivity index (χ2n) is 7.19. The summed E-state index contributed by atoms with van der Waals surface area (Å²) in [6.07, 6.45) is 0. The van der Waals surface area contributed by atoms with Crippen molar-refractivity contribution in [2.24, 2.45) is 10.4 Å². The molecule has 0 spiro atoms. The van der Waals surface area contributed by atoms with Crippen molar-refractivity contribution >= 4 is 35.8 Å². The van der Waals surface area contributed by atoms with E-state index in [4.69, 9.17) is 4.74 Å². The van der Waals surface area contributed by atoms with Crippen LogP contribution in [-0.4, -0.2) is 87.2 Å². The molecule has 2 N–H and O–H groups in total. The molecule has 2 heterocycles. The second kappa shape index (κ2) is 9.76. The summed E-state index contributed by atoms with van der Waals surface area (Å²) >= 11 is 0. The Morgan fingerprint density at radius 1 is 1.25 bits per heavy atom. The maximum atomic E-state index is 11.8. The summed E-state index contributed by atoms with van der Waals surface area (Å²) in [5, 5.41) is 6.40. The van der Waals surface area contributed by atoms with E-state index in [0.717, 1.165) is 51.9 Å². The van der Waals surface area contributed by atoms with E-state index in [9.17, 15) is 4.79 Å². The number of amides is 1. The fourth-order valence-corrected chi connectivity index (χ4v) is 2.87. The first-order valence-electron chi connectivity index (χ1n) is 8.47. The van der Waals surface area contributed by atoms with E-state index in [-0.39, 0.29) is 41.3 Å². The fourth-order valence-electron chi connectivity index (χ4n) is 2.87. The average molecular weight is 453 g/mol. The van der Waals surface area contributed by atoms with E-state index >= 15 is 0 Å². The highest BCUT2D eigenvalue weighted by Crippen LogP contribution is 2.25. The van der Waals surface area contributed by atoms with Crippen LogP contribution in [0.4, 0.5) is 0 Å². The minimum Gasteiger partial charge on any atom is -0.380 e. The Morgan fingerprint density at radius 2 is 1.88 bits per heavy atom. The van der Waals surface area contributed by atoms with Crippen LogP contribution in [0.15, 0.2) is 4.99 Å². The smallest absolute Gasteiger partial charge is 0.234 e. The first kappa shape index (κ1) is 21.4. The predicted octanol–water partition coefficient (Wildman–Crippen LogP) is 0.359. The van der Waals surface area contributed by atoms with Crippen molar-refractivity contribution < 1.29 is 9.53 Å². The summed E-state index contributed by atoms with van der Waals surface area (Å²) in [4.78, 5) is 20.7. The third kappa shape index (κ3) is 6.36. The lowest BCUT2D eigenvalue weighted by Crippen LogP contribution is -2.56. The molecule has 0 atom stereocenters. The lowest BCUT2D eigenvalue weighted by atomic mass is 9.89. The molecule has 0 bridgehead atoms. The highest BCUT2D eigenvalue weighted by Gasteiger charge is 2.33. The van der Waals surface area contributed by atoms with Crippen LogP contribution >= 0.6 is 24.0 Å². The summed E-state index contributed by atoms with van der Waals surface area (Å²) in [5.74, 6) is 1.05. The summed E-state index contributed by atoms with van der Waals surface area (Å²) < 4.78 is 5.29. The number of rotatable bonds is 5. The summed E-state index contributed by atoms with van der Waals surface area (Å²) in [7, 11) is 1.82. The van der Waals surface area contributed by atoms with E-state index in [0.29, 0.717) is 6.54 Å².